The lowest BCUT2D eigenvalue weighted by Crippen LogP contribution is -2.02. The molecule has 1 heterocycles. The van der Waals surface area contributed by atoms with Gasteiger partial charge < -0.3 is 5.11 Å². The number of terminal acetylenes is 1. The summed E-state index contributed by atoms with van der Waals surface area (Å²) in [7, 11) is 0. The molecule has 0 spiro atoms. The fourth-order valence-electron chi connectivity index (χ4n) is 1.51. The second kappa shape index (κ2) is 4.83. The average Bonchev–Trinajstić information content (AvgIpc) is 2.42. The molecule has 3 heteroatoms. The van der Waals surface area contributed by atoms with Crippen molar-refractivity contribution in [1.29, 1.82) is 0 Å². The van der Waals surface area contributed by atoms with E-state index in [1.165, 1.54) is 0 Å². The van der Waals surface area contributed by atoms with Crippen LogP contribution in [0.4, 0.5) is 0 Å². The molecule has 0 atom stereocenters. The van der Waals surface area contributed by atoms with Crippen LogP contribution in [-0.4, -0.2) is 14.9 Å². The fourth-order valence-corrected chi connectivity index (χ4v) is 1.51. The van der Waals surface area contributed by atoms with Crippen LogP contribution in [0, 0.1) is 26.2 Å². The van der Waals surface area contributed by atoms with Crippen LogP contribution in [0.3, 0.4) is 0 Å². The first-order chi connectivity index (χ1) is 6.70. The van der Waals surface area contributed by atoms with Gasteiger partial charge in [-0.15, -0.1) is 12.3 Å². The number of unbranched alkanes of at least 4 members (excludes halogenated alkanes) is 1. The first-order valence-corrected chi connectivity index (χ1v) is 4.78. The van der Waals surface area contributed by atoms with E-state index in [0.29, 0.717) is 0 Å². The van der Waals surface area contributed by atoms with Crippen molar-refractivity contribution >= 4 is 0 Å². The monoisotopic (exact) mass is 192 g/mol. The number of rotatable bonds is 4. The molecule has 0 amide bonds. The summed E-state index contributed by atoms with van der Waals surface area (Å²) in [6, 6.07) is 0. The van der Waals surface area contributed by atoms with Crippen LogP contribution in [0.15, 0.2) is 0 Å². The molecule has 1 aromatic rings. The van der Waals surface area contributed by atoms with E-state index < -0.39 is 0 Å². The quantitative estimate of drug-likeness (QED) is 0.578. The number of aliphatic hydroxyl groups is 1. The van der Waals surface area contributed by atoms with E-state index >= 15 is 0 Å². The molecule has 76 valence electrons. The van der Waals surface area contributed by atoms with E-state index in [1.807, 2.05) is 18.5 Å². The predicted octanol–water partition coefficient (Wildman–Crippen LogP) is 1.41. The Morgan fingerprint density at radius 3 is 2.71 bits per heavy atom. The fraction of sp³-hybridized carbons (Fsp3) is 0.545. The second-order valence-corrected chi connectivity index (χ2v) is 3.34. The molecule has 0 saturated carbocycles. The highest BCUT2D eigenvalue weighted by Crippen LogP contribution is 2.13. The molecule has 1 N–H and O–H groups in total. The minimum absolute atomic E-state index is 0.0623. The normalized spacial score (nSPS) is 10.1. The topological polar surface area (TPSA) is 38.0 Å². The third-order valence-corrected chi connectivity index (χ3v) is 2.38. The SMILES string of the molecule is C#CCCCn1nc(C)c(CO)c1C. The minimum atomic E-state index is 0.0623. The Balaban J connectivity index is 2.74. The standard InChI is InChI=1S/C11H16N2O/c1-4-5-6-7-13-10(3)11(8-14)9(2)12-13/h1,14H,5-8H2,2-3H3. The molecular formula is C11H16N2O. The van der Waals surface area contributed by atoms with E-state index in [2.05, 4.69) is 11.0 Å². The molecule has 1 aromatic heterocycles. The Bertz CT molecular complexity index is 347. The van der Waals surface area contributed by atoms with Crippen molar-refractivity contribution in [2.24, 2.45) is 0 Å². The van der Waals surface area contributed by atoms with Gasteiger partial charge in [-0.05, 0) is 20.3 Å². The summed E-state index contributed by atoms with van der Waals surface area (Å²) in [5, 5.41) is 13.4. The predicted molar refractivity (Wildman–Crippen MR) is 55.7 cm³/mol. The number of aliphatic hydroxyl groups excluding tert-OH is 1. The van der Waals surface area contributed by atoms with Crippen molar-refractivity contribution in [3.8, 4) is 12.3 Å². The Kier molecular flexibility index (Phi) is 3.73. The van der Waals surface area contributed by atoms with E-state index in [0.717, 1.165) is 36.3 Å². The minimum Gasteiger partial charge on any atom is -0.392 e. The van der Waals surface area contributed by atoms with Crippen LogP contribution >= 0.6 is 0 Å². The van der Waals surface area contributed by atoms with Gasteiger partial charge >= 0.3 is 0 Å². The number of aryl methyl sites for hydroxylation is 2. The van der Waals surface area contributed by atoms with E-state index in [1.54, 1.807) is 0 Å². The lowest BCUT2D eigenvalue weighted by atomic mass is 10.2. The molecule has 0 fully saturated rings. The summed E-state index contributed by atoms with van der Waals surface area (Å²) >= 11 is 0. The smallest absolute Gasteiger partial charge is 0.0718 e. The maximum atomic E-state index is 9.10. The van der Waals surface area contributed by atoms with Gasteiger partial charge in [-0.1, -0.05) is 0 Å². The number of aromatic nitrogens is 2. The summed E-state index contributed by atoms with van der Waals surface area (Å²) in [6.07, 6.45) is 6.88. The zero-order chi connectivity index (χ0) is 10.6. The van der Waals surface area contributed by atoms with Crippen molar-refractivity contribution in [3.05, 3.63) is 17.0 Å². The first-order valence-electron chi connectivity index (χ1n) is 4.78. The summed E-state index contributed by atoms with van der Waals surface area (Å²) in [6.45, 7) is 4.78. The summed E-state index contributed by atoms with van der Waals surface area (Å²) in [5.41, 5.74) is 2.89. The van der Waals surface area contributed by atoms with Crippen molar-refractivity contribution in [3.63, 3.8) is 0 Å². The zero-order valence-corrected chi connectivity index (χ0v) is 8.75. The first kappa shape index (κ1) is 10.8. The Morgan fingerprint density at radius 1 is 1.50 bits per heavy atom. The molecule has 0 radical (unpaired) electrons. The maximum Gasteiger partial charge on any atom is 0.0718 e. The van der Waals surface area contributed by atoms with Gasteiger partial charge in [0.05, 0.1) is 12.3 Å². The van der Waals surface area contributed by atoms with Crippen LogP contribution < -0.4 is 0 Å². The second-order valence-electron chi connectivity index (χ2n) is 3.34. The summed E-state index contributed by atoms with van der Waals surface area (Å²) in [4.78, 5) is 0. The molecule has 3 nitrogen and oxygen atoms in total. The van der Waals surface area contributed by atoms with Crippen LogP contribution in [0.25, 0.3) is 0 Å². The molecule has 0 saturated heterocycles. The largest absolute Gasteiger partial charge is 0.392 e. The van der Waals surface area contributed by atoms with Crippen LogP contribution in [0.2, 0.25) is 0 Å². The van der Waals surface area contributed by atoms with Crippen molar-refractivity contribution < 1.29 is 5.11 Å². The maximum absolute atomic E-state index is 9.10. The lowest BCUT2D eigenvalue weighted by Gasteiger charge is -2.02. The molecule has 0 aliphatic rings. The van der Waals surface area contributed by atoms with Gasteiger partial charge in [-0.3, -0.25) is 4.68 Å². The molecular weight excluding hydrogens is 176 g/mol. The Labute approximate surface area is 84.8 Å². The average molecular weight is 192 g/mol. The molecule has 0 aliphatic carbocycles. The van der Waals surface area contributed by atoms with Crippen molar-refractivity contribution in [2.75, 3.05) is 0 Å². The molecule has 14 heavy (non-hydrogen) atoms. The van der Waals surface area contributed by atoms with Gasteiger partial charge in [0.15, 0.2) is 0 Å². The highest BCUT2D eigenvalue weighted by molar-refractivity contribution is 5.23. The number of hydrogen-bond donors (Lipinski definition) is 1. The summed E-state index contributed by atoms with van der Waals surface area (Å²) in [5.74, 6) is 2.60. The molecule has 0 bridgehead atoms. The van der Waals surface area contributed by atoms with E-state index in [9.17, 15) is 0 Å². The van der Waals surface area contributed by atoms with Gasteiger partial charge in [-0.2, -0.15) is 5.10 Å². The third-order valence-electron chi connectivity index (χ3n) is 2.38. The molecule has 0 aromatic carbocycles. The van der Waals surface area contributed by atoms with Gasteiger partial charge in [0.25, 0.3) is 0 Å². The number of nitrogens with zero attached hydrogens (tertiary/aromatic N) is 2. The van der Waals surface area contributed by atoms with Crippen LogP contribution in [0.5, 0.6) is 0 Å². The van der Waals surface area contributed by atoms with Crippen LogP contribution in [0.1, 0.15) is 29.8 Å². The molecule has 1 rings (SSSR count). The molecule has 0 aliphatic heterocycles. The van der Waals surface area contributed by atoms with Gasteiger partial charge in [0.2, 0.25) is 0 Å². The summed E-state index contributed by atoms with van der Waals surface area (Å²) < 4.78 is 1.91. The van der Waals surface area contributed by atoms with Gasteiger partial charge in [0, 0.05) is 24.2 Å². The zero-order valence-electron chi connectivity index (χ0n) is 8.75. The van der Waals surface area contributed by atoms with E-state index in [4.69, 9.17) is 11.5 Å². The van der Waals surface area contributed by atoms with Gasteiger partial charge in [0.1, 0.15) is 0 Å². The number of hydrogen-bond acceptors (Lipinski definition) is 2. The van der Waals surface area contributed by atoms with E-state index in [-0.39, 0.29) is 6.61 Å². The van der Waals surface area contributed by atoms with Crippen molar-refractivity contribution in [1.82, 2.24) is 9.78 Å². The van der Waals surface area contributed by atoms with Crippen LogP contribution in [-0.2, 0) is 13.2 Å². The van der Waals surface area contributed by atoms with Crippen molar-refractivity contribution in [2.45, 2.75) is 39.8 Å². The highest BCUT2D eigenvalue weighted by atomic mass is 16.3. The molecule has 0 unspecified atom stereocenters. The Hall–Kier alpha value is -1.27. The highest BCUT2D eigenvalue weighted by Gasteiger charge is 2.09. The van der Waals surface area contributed by atoms with Gasteiger partial charge in [-0.25, -0.2) is 0 Å². The Morgan fingerprint density at radius 2 is 2.21 bits per heavy atom. The third kappa shape index (κ3) is 2.15. The lowest BCUT2D eigenvalue weighted by molar-refractivity contribution is 0.280.